The van der Waals surface area contributed by atoms with E-state index in [1.165, 1.54) is 19.2 Å². The molecule has 0 saturated carbocycles. The Kier molecular flexibility index (Phi) is 6.81. The monoisotopic (exact) mass is 393 g/mol. The Morgan fingerprint density at radius 2 is 1.78 bits per heavy atom. The minimum atomic E-state index is -3.79. The molecular formula is C19H23NO6S. The van der Waals surface area contributed by atoms with Crippen LogP contribution in [0, 0.1) is 6.92 Å². The predicted octanol–water partition coefficient (Wildman–Crippen LogP) is 2.32. The quantitative estimate of drug-likeness (QED) is 0.692. The van der Waals surface area contributed by atoms with Crippen LogP contribution in [0.4, 0.5) is 0 Å². The smallest absolute Gasteiger partial charge is 0.337 e. The Morgan fingerprint density at radius 1 is 1.04 bits per heavy atom. The van der Waals surface area contributed by atoms with Crippen LogP contribution >= 0.6 is 0 Å². The number of hydrogen-bond acceptors (Lipinski definition) is 6. The Balaban J connectivity index is 2.17. The largest absolute Gasteiger partial charge is 0.497 e. The lowest BCUT2D eigenvalue weighted by molar-refractivity contribution is 0.0600. The molecule has 146 valence electrons. The number of esters is 1. The van der Waals surface area contributed by atoms with Crippen LogP contribution in [-0.2, 0) is 21.2 Å². The highest BCUT2D eigenvalue weighted by molar-refractivity contribution is 7.89. The lowest BCUT2D eigenvalue weighted by atomic mass is 10.1. The zero-order valence-corrected chi connectivity index (χ0v) is 16.6. The van der Waals surface area contributed by atoms with Crippen LogP contribution in [0.1, 0.15) is 21.5 Å². The van der Waals surface area contributed by atoms with Gasteiger partial charge in [0.1, 0.15) is 11.5 Å². The highest BCUT2D eigenvalue weighted by Crippen LogP contribution is 2.24. The number of hydrogen-bond donors (Lipinski definition) is 1. The molecule has 0 saturated heterocycles. The van der Waals surface area contributed by atoms with Gasteiger partial charge in [-0.2, -0.15) is 0 Å². The lowest BCUT2D eigenvalue weighted by Crippen LogP contribution is -2.27. The van der Waals surface area contributed by atoms with Crippen molar-refractivity contribution in [1.82, 2.24) is 4.72 Å². The molecule has 0 heterocycles. The first-order valence-corrected chi connectivity index (χ1v) is 9.70. The van der Waals surface area contributed by atoms with Gasteiger partial charge in [0.15, 0.2) is 0 Å². The third kappa shape index (κ3) is 4.99. The molecule has 0 atom stereocenters. The lowest BCUT2D eigenvalue weighted by Gasteiger charge is -2.13. The Labute approximate surface area is 159 Å². The van der Waals surface area contributed by atoms with Gasteiger partial charge in [-0.25, -0.2) is 17.9 Å². The molecule has 2 rings (SSSR count). The molecule has 27 heavy (non-hydrogen) atoms. The van der Waals surface area contributed by atoms with Crippen molar-refractivity contribution in [3.8, 4) is 11.5 Å². The number of benzene rings is 2. The zero-order chi connectivity index (χ0) is 20.0. The summed E-state index contributed by atoms with van der Waals surface area (Å²) in [5, 5.41) is 0. The summed E-state index contributed by atoms with van der Waals surface area (Å²) >= 11 is 0. The second kappa shape index (κ2) is 8.88. The predicted molar refractivity (Wildman–Crippen MR) is 101 cm³/mol. The van der Waals surface area contributed by atoms with E-state index in [2.05, 4.69) is 9.46 Å². The van der Waals surface area contributed by atoms with Gasteiger partial charge in [0, 0.05) is 6.54 Å². The van der Waals surface area contributed by atoms with Crippen LogP contribution in [0.2, 0.25) is 0 Å². The van der Waals surface area contributed by atoms with Gasteiger partial charge in [0.2, 0.25) is 10.0 Å². The number of aryl methyl sites for hydroxylation is 1. The second-order valence-corrected chi connectivity index (χ2v) is 7.53. The van der Waals surface area contributed by atoms with Crippen LogP contribution in [0.25, 0.3) is 0 Å². The molecule has 0 bridgehead atoms. The average molecular weight is 393 g/mol. The fraction of sp³-hybridized carbons (Fsp3) is 0.316. The van der Waals surface area contributed by atoms with Crippen molar-refractivity contribution < 1.29 is 27.4 Å². The van der Waals surface area contributed by atoms with Crippen LogP contribution in [0.5, 0.6) is 11.5 Å². The van der Waals surface area contributed by atoms with E-state index in [-0.39, 0.29) is 17.0 Å². The van der Waals surface area contributed by atoms with E-state index < -0.39 is 16.0 Å². The summed E-state index contributed by atoms with van der Waals surface area (Å²) in [7, 11) is 0.569. The minimum Gasteiger partial charge on any atom is -0.497 e. The van der Waals surface area contributed by atoms with Gasteiger partial charge in [0.25, 0.3) is 0 Å². The number of rotatable bonds is 8. The van der Waals surface area contributed by atoms with Crippen LogP contribution in [0.15, 0.2) is 41.3 Å². The summed E-state index contributed by atoms with van der Waals surface area (Å²) in [5.74, 6) is 0.724. The maximum Gasteiger partial charge on any atom is 0.337 e. The summed E-state index contributed by atoms with van der Waals surface area (Å²) in [4.78, 5) is 11.7. The third-order valence-corrected chi connectivity index (χ3v) is 5.68. The molecule has 2 aromatic rings. The molecule has 0 aliphatic rings. The van der Waals surface area contributed by atoms with Crippen molar-refractivity contribution in [2.24, 2.45) is 0 Å². The Bertz CT molecular complexity index is 924. The minimum absolute atomic E-state index is 0.0445. The van der Waals surface area contributed by atoms with Crippen LogP contribution in [-0.4, -0.2) is 42.3 Å². The molecule has 8 heteroatoms. The van der Waals surface area contributed by atoms with Gasteiger partial charge in [-0.1, -0.05) is 6.07 Å². The zero-order valence-electron chi connectivity index (χ0n) is 15.7. The van der Waals surface area contributed by atoms with Crippen molar-refractivity contribution in [1.29, 1.82) is 0 Å². The highest BCUT2D eigenvalue weighted by atomic mass is 32.2. The van der Waals surface area contributed by atoms with E-state index in [0.717, 1.165) is 5.56 Å². The first-order chi connectivity index (χ1) is 12.8. The fourth-order valence-electron chi connectivity index (χ4n) is 2.61. The summed E-state index contributed by atoms with van der Waals surface area (Å²) in [6.45, 7) is 1.83. The van der Waals surface area contributed by atoms with Gasteiger partial charge >= 0.3 is 5.97 Å². The van der Waals surface area contributed by atoms with Crippen molar-refractivity contribution in [2.45, 2.75) is 18.2 Å². The van der Waals surface area contributed by atoms with E-state index in [1.807, 2.05) is 0 Å². The first kappa shape index (κ1) is 20.7. The molecule has 0 radical (unpaired) electrons. The number of carbonyl (C=O) groups is 1. The summed E-state index contributed by atoms with van der Waals surface area (Å²) < 4.78 is 43.0. The van der Waals surface area contributed by atoms with E-state index in [4.69, 9.17) is 9.47 Å². The van der Waals surface area contributed by atoms with Crippen molar-refractivity contribution >= 4 is 16.0 Å². The SMILES string of the molecule is COC(=O)c1ccc(C)c(S(=O)(=O)NCCc2cc(OC)ccc2OC)c1. The summed E-state index contributed by atoms with van der Waals surface area (Å²) in [6.07, 6.45) is 0.412. The van der Waals surface area contributed by atoms with E-state index in [1.54, 1.807) is 45.4 Å². The summed E-state index contributed by atoms with van der Waals surface area (Å²) in [6, 6.07) is 9.76. The van der Waals surface area contributed by atoms with Gasteiger partial charge in [-0.05, 0) is 54.8 Å². The maximum atomic E-state index is 12.7. The molecule has 0 aliphatic heterocycles. The molecule has 0 amide bonds. The number of carbonyl (C=O) groups excluding carboxylic acids is 1. The highest BCUT2D eigenvalue weighted by Gasteiger charge is 2.19. The fourth-order valence-corrected chi connectivity index (χ4v) is 3.91. The number of sulfonamides is 1. The van der Waals surface area contributed by atoms with Crippen molar-refractivity contribution in [2.75, 3.05) is 27.9 Å². The third-order valence-electron chi connectivity index (χ3n) is 4.07. The number of ether oxygens (including phenoxy) is 3. The van der Waals surface area contributed by atoms with Crippen molar-refractivity contribution in [3.63, 3.8) is 0 Å². The number of nitrogens with one attached hydrogen (secondary N) is 1. The molecule has 0 aromatic heterocycles. The summed E-state index contributed by atoms with van der Waals surface area (Å²) in [5.41, 5.74) is 1.53. The topological polar surface area (TPSA) is 90.9 Å². The van der Waals surface area contributed by atoms with Gasteiger partial charge < -0.3 is 14.2 Å². The number of methoxy groups -OCH3 is 3. The van der Waals surface area contributed by atoms with E-state index >= 15 is 0 Å². The van der Waals surface area contributed by atoms with Crippen LogP contribution in [0.3, 0.4) is 0 Å². The standard InChI is InChI=1S/C19H23NO6S/c1-13-5-6-15(19(21)26-4)12-18(13)27(22,23)20-10-9-14-11-16(24-2)7-8-17(14)25-3/h5-8,11-12,20H,9-10H2,1-4H3. The van der Waals surface area contributed by atoms with E-state index in [0.29, 0.717) is 23.5 Å². The van der Waals surface area contributed by atoms with Gasteiger partial charge in [0.05, 0.1) is 31.8 Å². The van der Waals surface area contributed by atoms with E-state index in [9.17, 15) is 13.2 Å². The van der Waals surface area contributed by atoms with Gasteiger partial charge in [-0.3, -0.25) is 0 Å². The molecule has 2 aromatic carbocycles. The average Bonchev–Trinajstić information content (AvgIpc) is 2.67. The normalized spacial score (nSPS) is 11.1. The molecule has 0 aliphatic carbocycles. The molecule has 7 nitrogen and oxygen atoms in total. The molecule has 1 N–H and O–H groups in total. The molecule has 0 unspecified atom stereocenters. The second-order valence-electron chi connectivity index (χ2n) is 5.80. The van der Waals surface area contributed by atoms with Gasteiger partial charge in [-0.15, -0.1) is 0 Å². The Hall–Kier alpha value is -2.58. The Morgan fingerprint density at radius 3 is 2.41 bits per heavy atom. The molecule has 0 fully saturated rings. The van der Waals surface area contributed by atoms with Crippen molar-refractivity contribution in [3.05, 3.63) is 53.1 Å². The first-order valence-electron chi connectivity index (χ1n) is 8.22. The van der Waals surface area contributed by atoms with Crippen LogP contribution < -0.4 is 14.2 Å². The molecule has 0 spiro atoms. The molecular weight excluding hydrogens is 370 g/mol. The maximum absolute atomic E-state index is 12.7.